The Morgan fingerprint density at radius 2 is 1.68 bits per heavy atom. The van der Waals surface area contributed by atoms with Crippen LogP contribution in [-0.4, -0.2) is 67.8 Å². The van der Waals surface area contributed by atoms with Gasteiger partial charge in [0.1, 0.15) is 4.90 Å². The van der Waals surface area contributed by atoms with Crippen LogP contribution in [0.4, 0.5) is 10.1 Å². The Hall–Kier alpha value is -3.04. The molecule has 2 aliphatic rings. The number of anilines is 1. The topological polar surface area (TPSA) is 73.8 Å². The lowest BCUT2D eigenvalue weighted by Crippen LogP contribution is -2.53. The Bertz CT molecular complexity index is 1290. The number of carbonyl (C=O) groups is 1. The van der Waals surface area contributed by atoms with E-state index in [2.05, 4.69) is 9.88 Å². The summed E-state index contributed by atoms with van der Waals surface area (Å²) in [5, 5.41) is 0.890. The number of fused-ring (bicyclic) bond motifs is 1. The van der Waals surface area contributed by atoms with Crippen LogP contribution in [0.25, 0.3) is 10.8 Å². The van der Waals surface area contributed by atoms with Gasteiger partial charge in [-0.25, -0.2) is 12.8 Å². The molecule has 2 fully saturated rings. The Morgan fingerprint density at radius 1 is 0.941 bits per heavy atom. The van der Waals surface area contributed by atoms with Gasteiger partial charge < -0.3 is 9.80 Å². The fourth-order valence-electron chi connectivity index (χ4n) is 4.88. The second-order valence-corrected chi connectivity index (χ2v) is 10.8. The van der Waals surface area contributed by atoms with Crippen molar-refractivity contribution in [2.45, 2.75) is 17.7 Å². The minimum Gasteiger partial charge on any atom is -0.371 e. The van der Waals surface area contributed by atoms with Gasteiger partial charge in [-0.1, -0.05) is 30.3 Å². The van der Waals surface area contributed by atoms with Crippen molar-refractivity contribution in [2.75, 3.05) is 44.2 Å². The molecule has 0 spiro atoms. The van der Waals surface area contributed by atoms with Crippen molar-refractivity contribution >= 4 is 32.4 Å². The predicted octanol–water partition coefficient (Wildman–Crippen LogP) is 3.12. The smallest absolute Gasteiger partial charge is 0.246 e. The summed E-state index contributed by atoms with van der Waals surface area (Å²) in [7, 11) is -4.11. The van der Waals surface area contributed by atoms with Gasteiger partial charge >= 0.3 is 0 Å². The molecule has 0 atom stereocenters. The molecule has 0 radical (unpaired) electrons. The van der Waals surface area contributed by atoms with Gasteiger partial charge in [-0.05, 0) is 42.3 Å². The number of sulfonamides is 1. The number of carbonyl (C=O) groups excluding carboxylic acids is 1. The van der Waals surface area contributed by atoms with Crippen LogP contribution in [-0.2, 0) is 14.8 Å². The summed E-state index contributed by atoms with van der Waals surface area (Å²) in [4.78, 5) is 20.6. The SMILES string of the molecule is O=C1CN(S(=O)(=O)c2ccc3ccccc3c2F)CCN1CC1CCN(c2ccncc2)CC1. The minimum absolute atomic E-state index is 0.163. The van der Waals surface area contributed by atoms with Crippen LogP contribution >= 0.6 is 0 Å². The molecule has 9 heteroatoms. The molecule has 178 valence electrons. The molecule has 5 rings (SSSR count). The number of piperazine rings is 1. The molecule has 0 unspecified atom stereocenters. The summed E-state index contributed by atoms with van der Waals surface area (Å²) in [6.07, 6.45) is 5.52. The highest BCUT2D eigenvalue weighted by Crippen LogP contribution is 2.28. The van der Waals surface area contributed by atoms with Crippen LogP contribution in [0, 0.1) is 11.7 Å². The van der Waals surface area contributed by atoms with E-state index >= 15 is 4.39 Å². The maximum absolute atomic E-state index is 15.0. The number of amides is 1. The molecule has 0 bridgehead atoms. The number of piperidine rings is 1. The lowest BCUT2D eigenvalue weighted by molar-refractivity contribution is -0.134. The second-order valence-electron chi connectivity index (χ2n) is 8.91. The van der Waals surface area contributed by atoms with Crippen molar-refractivity contribution in [2.24, 2.45) is 5.92 Å². The highest BCUT2D eigenvalue weighted by molar-refractivity contribution is 7.89. The maximum Gasteiger partial charge on any atom is 0.246 e. The lowest BCUT2D eigenvalue weighted by Gasteiger charge is -2.38. The second kappa shape index (κ2) is 9.31. The van der Waals surface area contributed by atoms with Crippen LogP contribution in [0.15, 0.2) is 65.8 Å². The number of nitrogens with zero attached hydrogens (tertiary/aromatic N) is 4. The van der Waals surface area contributed by atoms with E-state index < -0.39 is 15.8 Å². The van der Waals surface area contributed by atoms with Gasteiger partial charge in [-0.2, -0.15) is 4.31 Å². The number of aromatic nitrogens is 1. The van der Waals surface area contributed by atoms with E-state index in [0.717, 1.165) is 35.9 Å². The number of rotatable bonds is 5. The molecule has 1 aromatic heterocycles. The van der Waals surface area contributed by atoms with E-state index in [1.807, 2.05) is 12.1 Å². The van der Waals surface area contributed by atoms with Crippen LogP contribution in [0.3, 0.4) is 0 Å². The average Bonchev–Trinajstić information content (AvgIpc) is 2.86. The zero-order chi connectivity index (χ0) is 23.7. The Kier molecular flexibility index (Phi) is 6.22. The zero-order valence-electron chi connectivity index (χ0n) is 18.8. The quantitative estimate of drug-likeness (QED) is 0.559. The van der Waals surface area contributed by atoms with E-state index in [1.54, 1.807) is 47.6 Å². The largest absolute Gasteiger partial charge is 0.371 e. The summed E-state index contributed by atoms with van der Waals surface area (Å²) >= 11 is 0. The molecular formula is C25H27FN4O3S. The van der Waals surface area contributed by atoms with Gasteiger partial charge in [0, 0.05) is 56.2 Å². The maximum atomic E-state index is 15.0. The number of hydrogen-bond acceptors (Lipinski definition) is 5. The van der Waals surface area contributed by atoms with Crippen LogP contribution < -0.4 is 4.90 Å². The first kappa shape index (κ1) is 22.7. The number of pyridine rings is 1. The summed E-state index contributed by atoms with van der Waals surface area (Å²) in [5.74, 6) is -0.621. The Balaban J connectivity index is 1.21. The highest BCUT2D eigenvalue weighted by Gasteiger charge is 2.35. The van der Waals surface area contributed by atoms with Crippen molar-refractivity contribution in [3.05, 3.63) is 66.7 Å². The molecule has 0 saturated carbocycles. The third-order valence-electron chi connectivity index (χ3n) is 6.85. The molecule has 3 heterocycles. The normalized spacial score (nSPS) is 18.6. The summed E-state index contributed by atoms with van der Waals surface area (Å²) in [6, 6.07) is 13.6. The first-order chi connectivity index (χ1) is 16.4. The summed E-state index contributed by atoms with van der Waals surface area (Å²) in [6.45, 7) is 2.68. The molecule has 7 nitrogen and oxygen atoms in total. The van der Waals surface area contributed by atoms with Crippen molar-refractivity contribution in [3.63, 3.8) is 0 Å². The van der Waals surface area contributed by atoms with Gasteiger partial charge in [-0.15, -0.1) is 0 Å². The van der Waals surface area contributed by atoms with E-state index in [-0.39, 0.29) is 29.3 Å². The standard InChI is InChI=1S/C25H27FN4O3S/c26-25-22-4-2-1-3-20(22)5-6-23(25)34(32,33)30-16-15-29(24(31)18-30)17-19-9-13-28(14-10-19)21-7-11-27-12-8-21/h1-8,11-12,19H,9-10,13-18H2. The monoisotopic (exact) mass is 482 g/mol. The van der Waals surface area contributed by atoms with E-state index in [4.69, 9.17) is 0 Å². The Labute approximate surface area is 198 Å². The molecule has 2 saturated heterocycles. The molecule has 34 heavy (non-hydrogen) atoms. The van der Waals surface area contributed by atoms with Gasteiger partial charge in [0.25, 0.3) is 0 Å². The molecular weight excluding hydrogens is 455 g/mol. The Morgan fingerprint density at radius 3 is 2.41 bits per heavy atom. The zero-order valence-corrected chi connectivity index (χ0v) is 19.6. The summed E-state index contributed by atoms with van der Waals surface area (Å²) < 4.78 is 42.5. The molecule has 3 aromatic rings. The minimum atomic E-state index is -4.11. The first-order valence-corrected chi connectivity index (χ1v) is 13.0. The van der Waals surface area contributed by atoms with Gasteiger partial charge in [0.05, 0.1) is 6.54 Å². The predicted molar refractivity (Wildman–Crippen MR) is 128 cm³/mol. The van der Waals surface area contributed by atoms with Crippen LogP contribution in [0.5, 0.6) is 0 Å². The molecule has 2 aromatic carbocycles. The van der Waals surface area contributed by atoms with Crippen LogP contribution in [0.2, 0.25) is 0 Å². The molecule has 1 amide bonds. The average molecular weight is 483 g/mol. The fraction of sp³-hybridized carbons (Fsp3) is 0.360. The molecule has 2 aliphatic heterocycles. The van der Waals surface area contributed by atoms with Crippen molar-refractivity contribution in [1.29, 1.82) is 0 Å². The van der Waals surface area contributed by atoms with Crippen LogP contribution in [0.1, 0.15) is 12.8 Å². The molecule has 0 aliphatic carbocycles. The number of benzene rings is 2. The van der Waals surface area contributed by atoms with Crippen molar-refractivity contribution in [3.8, 4) is 0 Å². The third kappa shape index (κ3) is 4.37. The lowest BCUT2D eigenvalue weighted by atomic mass is 9.95. The van der Waals surface area contributed by atoms with E-state index in [1.165, 1.54) is 6.07 Å². The third-order valence-corrected chi connectivity index (χ3v) is 8.71. The first-order valence-electron chi connectivity index (χ1n) is 11.5. The van der Waals surface area contributed by atoms with Crippen molar-refractivity contribution < 1.29 is 17.6 Å². The summed E-state index contributed by atoms with van der Waals surface area (Å²) in [5.41, 5.74) is 1.16. The van der Waals surface area contributed by atoms with E-state index in [0.29, 0.717) is 24.4 Å². The van der Waals surface area contributed by atoms with E-state index in [9.17, 15) is 13.2 Å². The van der Waals surface area contributed by atoms with Gasteiger partial charge in [0.15, 0.2) is 5.82 Å². The van der Waals surface area contributed by atoms with Gasteiger partial charge in [0.2, 0.25) is 15.9 Å². The van der Waals surface area contributed by atoms with Gasteiger partial charge in [-0.3, -0.25) is 9.78 Å². The number of hydrogen-bond donors (Lipinski definition) is 0. The highest BCUT2D eigenvalue weighted by atomic mass is 32.2. The van der Waals surface area contributed by atoms with Crippen molar-refractivity contribution in [1.82, 2.24) is 14.2 Å². The molecule has 0 N–H and O–H groups in total. The fourth-order valence-corrected chi connectivity index (χ4v) is 6.33. The number of halogens is 1.